The number of nitrogen functional groups attached to an aromatic ring is 1. The maximum atomic E-state index is 12.5. The highest BCUT2D eigenvalue weighted by molar-refractivity contribution is 6.34. The number of carbonyl (C=O) groups excluding carboxylic acids is 1. The van der Waals surface area contributed by atoms with Crippen molar-refractivity contribution >= 4 is 40.2 Å². The number of anilines is 2. The van der Waals surface area contributed by atoms with Crippen LogP contribution in [0.4, 0.5) is 16.4 Å². The molecular weight excluding hydrogens is 428 g/mol. The predicted molar refractivity (Wildman–Crippen MR) is 125 cm³/mol. The summed E-state index contributed by atoms with van der Waals surface area (Å²) in [5.41, 5.74) is 8.36. The highest BCUT2D eigenvalue weighted by Crippen LogP contribution is 2.40. The van der Waals surface area contributed by atoms with Crippen LogP contribution in [0.5, 0.6) is 5.75 Å². The molecule has 2 aromatic carbocycles. The number of nitrogens with two attached hydrogens (primary N) is 1. The third-order valence-electron chi connectivity index (χ3n) is 4.83. The number of benzene rings is 2. The number of rotatable bonds is 5. The minimum atomic E-state index is -0.579. The smallest absolute Gasteiger partial charge is 0.407 e. The van der Waals surface area contributed by atoms with Crippen molar-refractivity contribution in [3.63, 3.8) is 0 Å². The van der Waals surface area contributed by atoms with Gasteiger partial charge in [0.05, 0.1) is 16.8 Å². The summed E-state index contributed by atoms with van der Waals surface area (Å²) in [5.74, 6) is 0.690. The average molecular weight is 449 g/mol. The normalized spacial score (nSPS) is 11.7. The summed E-state index contributed by atoms with van der Waals surface area (Å²) in [4.78, 5) is 26.9. The van der Waals surface area contributed by atoms with Gasteiger partial charge in [-0.05, 0) is 23.8 Å². The van der Waals surface area contributed by atoms with E-state index in [4.69, 9.17) is 22.1 Å². The Morgan fingerprint density at radius 2 is 1.75 bits per heavy atom. The van der Waals surface area contributed by atoms with E-state index in [1.54, 1.807) is 44.8 Å². The Morgan fingerprint density at radius 1 is 1.00 bits per heavy atom. The largest absolute Gasteiger partial charge is 0.414 e. The molecule has 1 unspecified atom stereocenters. The SMILES string of the molecule is CN(C)C(=O)Oc1c(C(Nc2ncccn2)c2cccc(N)c2Cl)ccc2cccnc12. The molecule has 2 aromatic heterocycles. The number of aromatic nitrogens is 3. The molecule has 0 aliphatic rings. The highest BCUT2D eigenvalue weighted by Gasteiger charge is 2.26. The molecular formula is C23H21ClN6O2. The van der Waals surface area contributed by atoms with Crippen LogP contribution in [0.3, 0.4) is 0 Å². The second-order valence-electron chi connectivity index (χ2n) is 7.22. The van der Waals surface area contributed by atoms with Crippen molar-refractivity contribution in [1.29, 1.82) is 0 Å². The summed E-state index contributed by atoms with van der Waals surface area (Å²) in [6.07, 6.45) is 4.37. The molecule has 0 bridgehead atoms. The van der Waals surface area contributed by atoms with Gasteiger partial charge in [0, 0.05) is 43.6 Å². The first-order valence-electron chi connectivity index (χ1n) is 9.80. The fraction of sp³-hybridized carbons (Fsp3) is 0.130. The zero-order valence-electron chi connectivity index (χ0n) is 17.5. The summed E-state index contributed by atoms with van der Waals surface area (Å²) in [6, 6.07) is 14.0. The lowest BCUT2D eigenvalue weighted by molar-refractivity contribution is 0.172. The van der Waals surface area contributed by atoms with E-state index < -0.39 is 12.1 Å². The lowest BCUT2D eigenvalue weighted by Gasteiger charge is -2.24. The van der Waals surface area contributed by atoms with E-state index in [1.165, 1.54) is 4.90 Å². The Labute approximate surface area is 190 Å². The van der Waals surface area contributed by atoms with Gasteiger partial charge in [0.15, 0.2) is 5.75 Å². The first-order chi connectivity index (χ1) is 15.5. The van der Waals surface area contributed by atoms with E-state index in [-0.39, 0.29) is 0 Å². The number of ether oxygens (including phenoxy) is 1. The second kappa shape index (κ2) is 9.07. The molecule has 0 saturated carbocycles. The zero-order valence-corrected chi connectivity index (χ0v) is 18.2. The van der Waals surface area contributed by atoms with Gasteiger partial charge in [0.1, 0.15) is 5.52 Å². The van der Waals surface area contributed by atoms with Crippen LogP contribution in [0.1, 0.15) is 17.2 Å². The third kappa shape index (κ3) is 4.26. The number of pyridine rings is 1. The highest BCUT2D eigenvalue weighted by atomic mass is 35.5. The van der Waals surface area contributed by atoms with Gasteiger partial charge in [-0.2, -0.15) is 0 Å². The van der Waals surface area contributed by atoms with Crippen molar-refractivity contribution in [2.45, 2.75) is 6.04 Å². The summed E-state index contributed by atoms with van der Waals surface area (Å²) in [6.45, 7) is 0. The standard InChI is InChI=1S/C23H21ClN6O2/c1-30(2)23(31)32-21-16(10-9-14-6-4-11-26-19(14)21)20(29-22-27-12-5-13-28-22)15-7-3-8-17(25)18(15)24/h3-13,20H,25H2,1-2H3,(H,27,28,29). The number of halogens is 1. The molecule has 0 radical (unpaired) electrons. The average Bonchev–Trinajstić information content (AvgIpc) is 2.80. The van der Waals surface area contributed by atoms with Crippen LogP contribution in [0.25, 0.3) is 10.9 Å². The molecule has 4 aromatic rings. The fourth-order valence-electron chi connectivity index (χ4n) is 3.26. The Bertz CT molecular complexity index is 1270. The quantitative estimate of drug-likeness (QED) is 0.432. The van der Waals surface area contributed by atoms with Crippen molar-refractivity contribution in [3.05, 3.63) is 83.3 Å². The van der Waals surface area contributed by atoms with Gasteiger partial charge in [0.2, 0.25) is 5.95 Å². The van der Waals surface area contributed by atoms with E-state index in [0.717, 1.165) is 5.39 Å². The van der Waals surface area contributed by atoms with Gasteiger partial charge in [-0.1, -0.05) is 41.9 Å². The van der Waals surface area contributed by atoms with Gasteiger partial charge in [0.25, 0.3) is 0 Å². The van der Waals surface area contributed by atoms with Gasteiger partial charge in [-0.15, -0.1) is 0 Å². The molecule has 0 fully saturated rings. The fourth-order valence-corrected chi connectivity index (χ4v) is 3.50. The van der Waals surface area contributed by atoms with Crippen LogP contribution >= 0.6 is 11.6 Å². The maximum Gasteiger partial charge on any atom is 0.414 e. The van der Waals surface area contributed by atoms with Crippen LogP contribution in [-0.2, 0) is 0 Å². The molecule has 1 amide bonds. The predicted octanol–water partition coefficient (Wildman–Crippen LogP) is 4.52. The van der Waals surface area contributed by atoms with Crippen molar-refractivity contribution in [1.82, 2.24) is 19.9 Å². The van der Waals surface area contributed by atoms with Gasteiger partial charge in [-0.3, -0.25) is 4.98 Å². The summed E-state index contributed by atoms with van der Waals surface area (Å²) in [7, 11) is 3.23. The third-order valence-corrected chi connectivity index (χ3v) is 5.27. The van der Waals surface area contributed by atoms with Gasteiger partial charge >= 0.3 is 6.09 Å². The number of hydrogen-bond acceptors (Lipinski definition) is 7. The van der Waals surface area contributed by atoms with Crippen LogP contribution in [-0.4, -0.2) is 40.0 Å². The molecule has 1 atom stereocenters. The van der Waals surface area contributed by atoms with Gasteiger partial charge in [-0.25, -0.2) is 14.8 Å². The molecule has 0 aliphatic heterocycles. The second-order valence-corrected chi connectivity index (χ2v) is 7.60. The van der Waals surface area contributed by atoms with Gasteiger partial charge < -0.3 is 20.7 Å². The summed E-state index contributed by atoms with van der Waals surface area (Å²) < 4.78 is 5.80. The maximum absolute atomic E-state index is 12.5. The Morgan fingerprint density at radius 3 is 2.50 bits per heavy atom. The molecule has 162 valence electrons. The zero-order chi connectivity index (χ0) is 22.7. The Hall–Kier alpha value is -3.91. The number of amides is 1. The molecule has 3 N–H and O–H groups in total. The molecule has 4 rings (SSSR count). The molecule has 8 nitrogen and oxygen atoms in total. The Balaban J connectivity index is 1.94. The number of carbonyl (C=O) groups is 1. The van der Waals surface area contributed by atoms with Crippen molar-refractivity contribution < 1.29 is 9.53 Å². The van der Waals surface area contributed by atoms with Crippen molar-refractivity contribution in [2.24, 2.45) is 0 Å². The Kier molecular flexibility index (Phi) is 6.04. The van der Waals surface area contributed by atoms with Crippen LogP contribution < -0.4 is 15.8 Å². The lowest BCUT2D eigenvalue weighted by atomic mass is 9.95. The number of hydrogen-bond donors (Lipinski definition) is 2. The monoisotopic (exact) mass is 448 g/mol. The van der Waals surface area contributed by atoms with Crippen LogP contribution in [0.2, 0.25) is 5.02 Å². The van der Waals surface area contributed by atoms with E-state index in [0.29, 0.717) is 39.1 Å². The van der Waals surface area contributed by atoms with Crippen molar-refractivity contribution in [2.75, 3.05) is 25.1 Å². The van der Waals surface area contributed by atoms with E-state index >= 15 is 0 Å². The molecule has 9 heteroatoms. The minimum Gasteiger partial charge on any atom is -0.407 e. The topological polar surface area (TPSA) is 106 Å². The van der Waals surface area contributed by atoms with Crippen LogP contribution in [0.15, 0.2) is 67.1 Å². The number of nitrogens with one attached hydrogen (secondary N) is 1. The molecule has 0 spiro atoms. The van der Waals surface area contributed by atoms with Crippen molar-refractivity contribution in [3.8, 4) is 5.75 Å². The lowest BCUT2D eigenvalue weighted by Crippen LogP contribution is -2.26. The van der Waals surface area contributed by atoms with E-state index in [9.17, 15) is 4.79 Å². The van der Waals surface area contributed by atoms with E-state index in [2.05, 4.69) is 20.3 Å². The first-order valence-corrected chi connectivity index (χ1v) is 10.2. The minimum absolute atomic E-state index is 0.314. The first kappa shape index (κ1) is 21.3. The van der Waals surface area contributed by atoms with E-state index in [1.807, 2.05) is 36.4 Å². The molecule has 0 aliphatic carbocycles. The molecule has 0 saturated heterocycles. The summed E-state index contributed by atoms with van der Waals surface area (Å²) in [5, 5.41) is 4.50. The molecule has 32 heavy (non-hydrogen) atoms. The number of fused-ring (bicyclic) bond motifs is 1. The number of nitrogens with zero attached hydrogens (tertiary/aromatic N) is 4. The summed E-state index contributed by atoms with van der Waals surface area (Å²) >= 11 is 6.59. The molecule has 2 heterocycles. The van der Waals surface area contributed by atoms with Crippen LogP contribution in [0, 0.1) is 0 Å².